The second kappa shape index (κ2) is 4.24. The van der Waals surface area contributed by atoms with Crippen molar-refractivity contribution in [2.45, 2.75) is 51.7 Å². The molecule has 0 saturated heterocycles. The molecule has 12 heavy (non-hydrogen) atoms. The van der Waals surface area contributed by atoms with Crippen molar-refractivity contribution >= 4 is 0 Å². The van der Waals surface area contributed by atoms with E-state index >= 15 is 0 Å². The second-order valence-corrected chi connectivity index (χ2v) is 4.42. The van der Waals surface area contributed by atoms with Crippen molar-refractivity contribution in [3.05, 3.63) is 0 Å². The first-order chi connectivity index (χ1) is 5.61. The summed E-state index contributed by atoms with van der Waals surface area (Å²) in [5.41, 5.74) is 5.85. The molecule has 0 aliphatic heterocycles. The summed E-state index contributed by atoms with van der Waals surface area (Å²) in [5.74, 6) is 0.828. The highest BCUT2D eigenvalue weighted by atomic mass is 16.3. The van der Waals surface area contributed by atoms with Crippen LogP contribution in [0.4, 0.5) is 0 Å². The van der Waals surface area contributed by atoms with E-state index in [0.29, 0.717) is 17.9 Å². The van der Waals surface area contributed by atoms with Gasteiger partial charge in [-0.1, -0.05) is 20.3 Å². The van der Waals surface area contributed by atoms with Crippen LogP contribution in [0, 0.1) is 11.8 Å². The Hall–Kier alpha value is -0.0800. The van der Waals surface area contributed by atoms with Crippen LogP contribution in [0.3, 0.4) is 0 Å². The molecule has 1 fully saturated rings. The zero-order valence-corrected chi connectivity index (χ0v) is 8.16. The van der Waals surface area contributed by atoms with Gasteiger partial charge in [0.2, 0.25) is 0 Å². The third-order valence-electron chi connectivity index (χ3n) is 2.92. The lowest BCUT2D eigenvalue weighted by Crippen LogP contribution is -2.35. The van der Waals surface area contributed by atoms with Gasteiger partial charge in [0.15, 0.2) is 0 Å². The van der Waals surface area contributed by atoms with Crippen LogP contribution in [-0.4, -0.2) is 17.3 Å². The molecule has 3 unspecified atom stereocenters. The van der Waals surface area contributed by atoms with E-state index in [1.165, 1.54) is 6.42 Å². The molecule has 2 nitrogen and oxygen atoms in total. The standard InChI is InChI=1S/C10H21NO/c1-7(2)10(12)8-4-3-5-9(11)6-8/h7-10,12H,3-6,11H2,1-2H3. The maximum atomic E-state index is 9.81. The summed E-state index contributed by atoms with van der Waals surface area (Å²) in [5, 5.41) is 9.81. The van der Waals surface area contributed by atoms with Gasteiger partial charge in [-0.25, -0.2) is 0 Å². The molecule has 1 saturated carbocycles. The zero-order valence-electron chi connectivity index (χ0n) is 8.16. The average Bonchev–Trinajstić information content (AvgIpc) is 2.03. The molecule has 0 amide bonds. The van der Waals surface area contributed by atoms with Crippen molar-refractivity contribution in [3.8, 4) is 0 Å². The smallest absolute Gasteiger partial charge is 0.0591 e. The summed E-state index contributed by atoms with van der Waals surface area (Å²) < 4.78 is 0. The molecule has 3 atom stereocenters. The number of aliphatic hydroxyl groups excluding tert-OH is 1. The second-order valence-electron chi connectivity index (χ2n) is 4.42. The van der Waals surface area contributed by atoms with Gasteiger partial charge in [-0.2, -0.15) is 0 Å². The molecule has 3 N–H and O–H groups in total. The van der Waals surface area contributed by atoms with Gasteiger partial charge < -0.3 is 10.8 Å². The third kappa shape index (κ3) is 2.46. The lowest BCUT2D eigenvalue weighted by Gasteiger charge is -2.32. The van der Waals surface area contributed by atoms with Crippen molar-refractivity contribution in [1.82, 2.24) is 0 Å². The molecule has 0 aromatic carbocycles. The number of hydrogen-bond donors (Lipinski definition) is 2. The molecular formula is C10H21NO. The first-order valence-electron chi connectivity index (χ1n) is 5.05. The van der Waals surface area contributed by atoms with Gasteiger partial charge in [-0.05, 0) is 31.1 Å². The predicted octanol–water partition coefficient (Wildman–Crippen LogP) is 1.52. The molecular weight excluding hydrogens is 150 g/mol. The maximum Gasteiger partial charge on any atom is 0.0591 e. The van der Waals surface area contributed by atoms with Crippen molar-refractivity contribution in [2.75, 3.05) is 0 Å². The van der Waals surface area contributed by atoms with E-state index in [2.05, 4.69) is 13.8 Å². The van der Waals surface area contributed by atoms with Crippen LogP contribution in [0.2, 0.25) is 0 Å². The van der Waals surface area contributed by atoms with Gasteiger partial charge in [0.25, 0.3) is 0 Å². The van der Waals surface area contributed by atoms with E-state index < -0.39 is 0 Å². The first-order valence-corrected chi connectivity index (χ1v) is 5.05. The normalized spacial score (nSPS) is 33.8. The topological polar surface area (TPSA) is 46.2 Å². The quantitative estimate of drug-likeness (QED) is 0.661. The Balaban J connectivity index is 2.40. The molecule has 0 bridgehead atoms. The molecule has 0 aromatic rings. The monoisotopic (exact) mass is 171 g/mol. The van der Waals surface area contributed by atoms with E-state index in [1.807, 2.05) is 0 Å². The summed E-state index contributed by atoms with van der Waals surface area (Å²) in [4.78, 5) is 0. The van der Waals surface area contributed by atoms with Gasteiger partial charge in [0.05, 0.1) is 6.10 Å². The van der Waals surface area contributed by atoms with Crippen LogP contribution in [-0.2, 0) is 0 Å². The van der Waals surface area contributed by atoms with E-state index in [1.54, 1.807) is 0 Å². The van der Waals surface area contributed by atoms with Gasteiger partial charge in [0, 0.05) is 6.04 Å². The number of hydrogen-bond acceptors (Lipinski definition) is 2. The minimum atomic E-state index is -0.142. The minimum Gasteiger partial charge on any atom is -0.393 e. The van der Waals surface area contributed by atoms with Crippen LogP contribution >= 0.6 is 0 Å². The van der Waals surface area contributed by atoms with Gasteiger partial charge >= 0.3 is 0 Å². The van der Waals surface area contributed by atoms with Crippen LogP contribution in [0.5, 0.6) is 0 Å². The fraction of sp³-hybridized carbons (Fsp3) is 1.00. The lowest BCUT2D eigenvalue weighted by atomic mass is 9.79. The highest BCUT2D eigenvalue weighted by molar-refractivity contribution is 4.80. The lowest BCUT2D eigenvalue weighted by molar-refractivity contribution is 0.0424. The molecule has 1 rings (SSSR count). The van der Waals surface area contributed by atoms with Crippen LogP contribution in [0.25, 0.3) is 0 Å². The highest BCUT2D eigenvalue weighted by Crippen LogP contribution is 2.28. The summed E-state index contributed by atoms with van der Waals surface area (Å²) in [6.45, 7) is 4.15. The summed E-state index contributed by atoms with van der Waals surface area (Å²) in [6.07, 6.45) is 4.36. The minimum absolute atomic E-state index is 0.142. The van der Waals surface area contributed by atoms with Gasteiger partial charge in [-0.3, -0.25) is 0 Å². The van der Waals surface area contributed by atoms with Crippen molar-refractivity contribution in [3.63, 3.8) is 0 Å². The molecule has 72 valence electrons. The Morgan fingerprint density at radius 1 is 1.33 bits per heavy atom. The van der Waals surface area contributed by atoms with Gasteiger partial charge in [-0.15, -0.1) is 0 Å². The molecule has 0 spiro atoms. The molecule has 0 heterocycles. The van der Waals surface area contributed by atoms with E-state index in [-0.39, 0.29) is 6.10 Å². The highest BCUT2D eigenvalue weighted by Gasteiger charge is 2.26. The number of nitrogens with two attached hydrogens (primary N) is 1. The molecule has 0 aromatic heterocycles. The Bertz CT molecular complexity index is 136. The van der Waals surface area contributed by atoms with Gasteiger partial charge in [0.1, 0.15) is 0 Å². The summed E-state index contributed by atoms with van der Waals surface area (Å²) in [6, 6.07) is 0.331. The molecule has 1 aliphatic rings. The number of aliphatic hydroxyl groups is 1. The van der Waals surface area contributed by atoms with E-state index in [0.717, 1.165) is 19.3 Å². The largest absolute Gasteiger partial charge is 0.393 e. The average molecular weight is 171 g/mol. The molecule has 0 radical (unpaired) electrons. The molecule has 2 heteroatoms. The van der Waals surface area contributed by atoms with Crippen molar-refractivity contribution < 1.29 is 5.11 Å². The Morgan fingerprint density at radius 2 is 2.00 bits per heavy atom. The van der Waals surface area contributed by atoms with E-state index in [9.17, 15) is 5.11 Å². The third-order valence-corrected chi connectivity index (χ3v) is 2.92. The Morgan fingerprint density at radius 3 is 2.50 bits per heavy atom. The first kappa shape index (κ1) is 10.0. The number of rotatable bonds is 2. The SMILES string of the molecule is CC(C)C(O)C1CCCC(N)C1. The maximum absolute atomic E-state index is 9.81. The van der Waals surface area contributed by atoms with Crippen LogP contribution in [0.1, 0.15) is 39.5 Å². The van der Waals surface area contributed by atoms with Crippen LogP contribution in [0.15, 0.2) is 0 Å². The van der Waals surface area contributed by atoms with Crippen molar-refractivity contribution in [1.29, 1.82) is 0 Å². The Labute approximate surface area is 75.2 Å². The predicted molar refractivity (Wildman–Crippen MR) is 50.8 cm³/mol. The van der Waals surface area contributed by atoms with Crippen LogP contribution < -0.4 is 5.73 Å². The fourth-order valence-corrected chi connectivity index (χ4v) is 2.12. The van der Waals surface area contributed by atoms with E-state index in [4.69, 9.17) is 5.73 Å². The van der Waals surface area contributed by atoms with Crippen molar-refractivity contribution in [2.24, 2.45) is 17.6 Å². The summed E-state index contributed by atoms with van der Waals surface area (Å²) in [7, 11) is 0. The summed E-state index contributed by atoms with van der Waals surface area (Å²) >= 11 is 0. The zero-order chi connectivity index (χ0) is 9.14. The molecule has 1 aliphatic carbocycles. The fourth-order valence-electron chi connectivity index (χ4n) is 2.12. The Kier molecular flexibility index (Phi) is 3.53.